The number of carbonyl (C=O) groups is 2. The predicted molar refractivity (Wildman–Crippen MR) is 73.2 cm³/mol. The average Bonchev–Trinajstić information content (AvgIpc) is 2.94. The molecule has 1 aliphatic rings. The lowest BCUT2D eigenvalue weighted by Crippen LogP contribution is -2.40. The summed E-state index contributed by atoms with van der Waals surface area (Å²) < 4.78 is 0. The molecule has 104 valence electrons. The van der Waals surface area contributed by atoms with Crippen molar-refractivity contribution in [1.29, 1.82) is 0 Å². The summed E-state index contributed by atoms with van der Waals surface area (Å²) in [4.78, 5) is 24.7. The Bertz CT molecular complexity index is 500. The van der Waals surface area contributed by atoms with Crippen LogP contribution >= 0.6 is 11.3 Å². The monoisotopic (exact) mass is 282 g/mol. The molecule has 0 aromatic carbocycles. The van der Waals surface area contributed by atoms with Crippen molar-refractivity contribution in [3.63, 3.8) is 0 Å². The molecular formula is C13H18N2O3S. The third kappa shape index (κ3) is 2.89. The van der Waals surface area contributed by atoms with E-state index >= 15 is 0 Å². The van der Waals surface area contributed by atoms with Gasteiger partial charge in [-0.25, -0.2) is 4.79 Å². The molecule has 2 amide bonds. The van der Waals surface area contributed by atoms with Crippen LogP contribution in [0.2, 0.25) is 0 Å². The summed E-state index contributed by atoms with van der Waals surface area (Å²) in [7, 11) is 0. The van der Waals surface area contributed by atoms with Crippen molar-refractivity contribution in [1.82, 2.24) is 10.2 Å². The number of carboxylic acids is 1. The van der Waals surface area contributed by atoms with E-state index < -0.39 is 11.4 Å². The SMILES string of the molecule is Cc1cscc1CNC(=O)N1CCC(C)(C(=O)O)C1. The smallest absolute Gasteiger partial charge is 0.317 e. The van der Waals surface area contributed by atoms with Crippen LogP contribution in [0, 0.1) is 12.3 Å². The molecule has 6 heteroatoms. The second-order valence-corrected chi connectivity index (χ2v) is 6.02. The Kier molecular flexibility index (Phi) is 3.80. The van der Waals surface area contributed by atoms with Crippen molar-refractivity contribution in [3.05, 3.63) is 21.9 Å². The van der Waals surface area contributed by atoms with Gasteiger partial charge in [0.05, 0.1) is 5.41 Å². The van der Waals surface area contributed by atoms with E-state index in [4.69, 9.17) is 5.11 Å². The van der Waals surface area contributed by atoms with E-state index in [9.17, 15) is 9.59 Å². The molecule has 0 saturated carbocycles. The summed E-state index contributed by atoms with van der Waals surface area (Å²) >= 11 is 1.61. The summed E-state index contributed by atoms with van der Waals surface area (Å²) in [6, 6.07) is -0.185. The number of amides is 2. The third-order valence-electron chi connectivity index (χ3n) is 3.67. The number of hydrogen-bond donors (Lipinski definition) is 2. The molecule has 2 rings (SSSR count). The van der Waals surface area contributed by atoms with Gasteiger partial charge in [0, 0.05) is 19.6 Å². The second-order valence-electron chi connectivity index (χ2n) is 5.28. The van der Waals surface area contributed by atoms with Crippen LogP contribution in [0.3, 0.4) is 0 Å². The molecule has 1 fully saturated rings. The van der Waals surface area contributed by atoms with Gasteiger partial charge < -0.3 is 15.3 Å². The summed E-state index contributed by atoms with van der Waals surface area (Å²) in [5.41, 5.74) is 1.47. The van der Waals surface area contributed by atoms with Gasteiger partial charge in [0.15, 0.2) is 0 Å². The first kappa shape index (κ1) is 13.9. The zero-order valence-electron chi connectivity index (χ0n) is 11.1. The average molecular weight is 282 g/mol. The van der Waals surface area contributed by atoms with E-state index in [1.54, 1.807) is 23.2 Å². The number of carboxylic acid groups (broad SMARTS) is 1. The highest BCUT2D eigenvalue weighted by Crippen LogP contribution is 2.30. The Morgan fingerprint density at radius 2 is 2.26 bits per heavy atom. The molecule has 0 bridgehead atoms. The Morgan fingerprint density at radius 3 is 2.79 bits per heavy atom. The molecule has 0 aliphatic carbocycles. The largest absolute Gasteiger partial charge is 0.481 e. The lowest BCUT2D eigenvalue weighted by Gasteiger charge is -2.20. The van der Waals surface area contributed by atoms with Crippen LogP contribution in [0.25, 0.3) is 0 Å². The number of carbonyl (C=O) groups excluding carboxylic acids is 1. The van der Waals surface area contributed by atoms with Gasteiger partial charge in [-0.2, -0.15) is 11.3 Å². The standard InChI is InChI=1S/C13H18N2O3S/c1-9-6-19-7-10(9)5-14-12(18)15-4-3-13(2,8-15)11(16)17/h6-7H,3-5,8H2,1-2H3,(H,14,18)(H,16,17). The maximum Gasteiger partial charge on any atom is 0.317 e. The highest BCUT2D eigenvalue weighted by Gasteiger charge is 2.42. The molecule has 5 nitrogen and oxygen atoms in total. The number of rotatable bonds is 3. The first-order valence-electron chi connectivity index (χ1n) is 6.20. The summed E-state index contributed by atoms with van der Waals surface area (Å²) in [6.45, 7) is 4.96. The minimum atomic E-state index is -0.837. The molecule has 19 heavy (non-hydrogen) atoms. The molecular weight excluding hydrogens is 264 g/mol. The van der Waals surface area contributed by atoms with Crippen molar-refractivity contribution >= 4 is 23.3 Å². The zero-order valence-corrected chi connectivity index (χ0v) is 11.9. The van der Waals surface area contributed by atoms with Gasteiger partial charge in [0.2, 0.25) is 0 Å². The number of thiophene rings is 1. The van der Waals surface area contributed by atoms with Gasteiger partial charge in [-0.05, 0) is 42.2 Å². The van der Waals surface area contributed by atoms with Crippen LogP contribution < -0.4 is 5.32 Å². The van der Waals surface area contributed by atoms with Crippen LogP contribution in [0.4, 0.5) is 4.79 Å². The predicted octanol–water partition coefficient (Wildman–Crippen LogP) is 2.06. The van der Waals surface area contributed by atoms with E-state index in [0.717, 1.165) is 5.56 Å². The van der Waals surface area contributed by atoms with Gasteiger partial charge in [-0.15, -0.1) is 0 Å². The number of likely N-dealkylation sites (tertiary alicyclic amines) is 1. The molecule has 2 heterocycles. The fourth-order valence-corrected chi connectivity index (χ4v) is 3.02. The van der Waals surface area contributed by atoms with Gasteiger partial charge in [-0.3, -0.25) is 4.79 Å². The molecule has 1 aliphatic heterocycles. The van der Waals surface area contributed by atoms with E-state index in [2.05, 4.69) is 5.32 Å². The highest BCUT2D eigenvalue weighted by molar-refractivity contribution is 7.08. The fourth-order valence-electron chi connectivity index (χ4n) is 2.16. The van der Waals surface area contributed by atoms with Crippen LogP contribution in [0.5, 0.6) is 0 Å². The quantitative estimate of drug-likeness (QED) is 0.891. The Balaban J connectivity index is 1.89. The number of nitrogens with zero attached hydrogens (tertiary/aromatic N) is 1. The van der Waals surface area contributed by atoms with Gasteiger partial charge in [-0.1, -0.05) is 0 Å². The number of hydrogen-bond acceptors (Lipinski definition) is 3. The number of aryl methyl sites for hydroxylation is 1. The molecule has 1 aromatic rings. The summed E-state index contributed by atoms with van der Waals surface area (Å²) in [5, 5.41) is 16.0. The van der Waals surface area contributed by atoms with Crippen molar-refractivity contribution in [2.75, 3.05) is 13.1 Å². The van der Waals surface area contributed by atoms with Crippen molar-refractivity contribution in [2.45, 2.75) is 26.8 Å². The van der Waals surface area contributed by atoms with E-state index in [0.29, 0.717) is 19.5 Å². The Hall–Kier alpha value is -1.56. The minimum Gasteiger partial charge on any atom is -0.481 e. The molecule has 1 aromatic heterocycles. The maximum absolute atomic E-state index is 12.0. The van der Waals surface area contributed by atoms with Gasteiger partial charge in [0.1, 0.15) is 0 Å². The minimum absolute atomic E-state index is 0.185. The lowest BCUT2D eigenvalue weighted by molar-refractivity contribution is -0.146. The zero-order chi connectivity index (χ0) is 14.0. The summed E-state index contributed by atoms with van der Waals surface area (Å²) in [5.74, 6) is -0.837. The van der Waals surface area contributed by atoms with E-state index in [1.165, 1.54) is 5.56 Å². The van der Waals surface area contributed by atoms with Crippen molar-refractivity contribution in [2.24, 2.45) is 5.41 Å². The molecule has 0 spiro atoms. The van der Waals surface area contributed by atoms with Crippen LogP contribution in [0.1, 0.15) is 24.5 Å². The Morgan fingerprint density at radius 1 is 1.53 bits per heavy atom. The van der Waals surface area contributed by atoms with Crippen molar-refractivity contribution in [3.8, 4) is 0 Å². The number of aliphatic carboxylic acids is 1. The molecule has 0 radical (unpaired) electrons. The van der Waals surface area contributed by atoms with E-state index in [1.807, 2.05) is 17.7 Å². The molecule has 2 N–H and O–H groups in total. The number of urea groups is 1. The number of nitrogens with one attached hydrogen (secondary N) is 1. The third-order valence-corrected chi connectivity index (χ3v) is 4.58. The van der Waals surface area contributed by atoms with Crippen LogP contribution in [0.15, 0.2) is 10.8 Å². The first-order valence-corrected chi connectivity index (χ1v) is 7.14. The van der Waals surface area contributed by atoms with Gasteiger partial charge in [0.25, 0.3) is 0 Å². The normalized spacial score (nSPS) is 22.5. The lowest BCUT2D eigenvalue weighted by atomic mass is 9.90. The summed E-state index contributed by atoms with van der Waals surface area (Å²) in [6.07, 6.45) is 0.507. The van der Waals surface area contributed by atoms with Crippen molar-refractivity contribution < 1.29 is 14.7 Å². The first-order chi connectivity index (χ1) is 8.92. The fraction of sp³-hybridized carbons (Fsp3) is 0.538. The molecule has 1 saturated heterocycles. The van der Waals surface area contributed by atoms with Crippen LogP contribution in [-0.2, 0) is 11.3 Å². The second kappa shape index (κ2) is 5.21. The molecule has 1 atom stereocenters. The maximum atomic E-state index is 12.0. The topological polar surface area (TPSA) is 69.6 Å². The highest BCUT2D eigenvalue weighted by atomic mass is 32.1. The van der Waals surface area contributed by atoms with E-state index in [-0.39, 0.29) is 12.6 Å². The Labute approximate surface area is 116 Å². The van der Waals surface area contributed by atoms with Crippen LogP contribution in [-0.4, -0.2) is 35.1 Å². The molecule has 1 unspecified atom stereocenters. The van der Waals surface area contributed by atoms with Gasteiger partial charge >= 0.3 is 12.0 Å².